The van der Waals surface area contributed by atoms with Crippen molar-refractivity contribution in [1.82, 2.24) is 10.3 Å². The van der Waals surface area contributed by atoms with Crippen LogP contribution in [0, 0.1) is 0 Å². The smallest absolute Gasteiger partial charge is 0.230 e. The summed E-state index contributed by atoms with van der Waals surface area (Å²) >= 11 is 1.50. The van der Waals surface area contributed by atoms with E-state index in [4.69, 9.17) is 10.2 Å². The minimum atomic E-state index is -0.392. The lowest BCUT2D eigenvalue weighted by atomic mass is 10.1. The van der Waals surface area contributed by atoms with Gasteiger partial charge in [0.05, 0.1) is 11.4 Å². The maximum absolute atomic E-state index is 11.7. The number of carbonyl (C=O) groups is 1. The molecule has 126 valence electrons. The van der Waals surface area contributed by atoms with Gasteiger partial charge in [-0.3, -0.25) is 4.79 Å². The number of thioether (sulfide) groups is 1. The molecule has 0 aliphatic carbocycles. The molecule has 1 aromatic carbocycles. The number of oxazole rings is 1. The van der Waals surface area contributed by atoms with Gasteiger partial charge in [-0.15, -0.1) is 24.2 Å². The van der Waals surface area contributed by atoms with Crippen LogP contribution in [0.5, 0.6) is 0 Å². The van der Waals surface area contributed by atoms with E-state index in [0.717, 1.165) is 11.3 Å². The van der Waals surface area contributed by atoms with Gasteiger partial charge < -0.3 is 15.5 Å². The summed E-state index contributed by atoms with van der Waals surface area (Å²) in [5, 5.41) is 2.81. The molecule has 0 bridgehead atoms. The zero-order chi connectivity index (χ0) is 16.0. The molecule has 0 radical (unpaired) electrons. The molecule has 2 aromatic rings. The molecule has 0 saturated heterocycles. The first-order valence-electron chi connectivity index (χ1n) is 7.07. The van der Waals surface area contributed by atoms with Gasteiger partial charge in [-0.25, -0.2) is 4.98 Å². The maximum atomic E-state index is 11.7. The highest BCUT2D eigenvalue weighted by Gasteiger charge is 2.12. The van der Waals surface area contributed by atoms with Gasteiger partial charge in [-0.05, 0) is 26.0 Å². The summed E-state index contributed by atoms with van der Waals surface area (Å²) in [6, 6.07) is 9.73. The SMILES string of the molecule is CC(C)(N)CNC(=O)CSCc1coc(-c2ccccc2)n1.Cl. The largest absolute Gasteiger partial charge is 0.444 e. The first kappa shape index (κ1) is 19.5. The summed E-state index contributed by atoms with van der Waals surface area (Å²) in [6.07, 6.45) is 1.64. The van der Waals surface area contributed by atoms with E-state index in [2.05, 4.69) is 10.3 Å². The number of benzene rings is 1. The minimum Gasteiger partial charge on any atom is -0.444 e. The van der Waals surface area contributed by atoms with E-state index in [1.54, 1.807) is 6.26 Å². The van der Waals surface area contributed by atoms with E-state index in [1.807, 2.05) is 44.2 Å². The van der Waals surface area contributed by atoms with Crippen molar-refractivity contribution in [3.8, 4) is 11.5 Å². The lowest BCUT2D eigenvalue weighted by Crippen LogP contribution is -2.45. The van der Waals surface area contributed by atoms with Crippen LogP contribution in [0.2, 0.25) is 0 Å². The second-order valence-corrected chi connectivity index (χ2v) is 6.75. The van der Waals surface area contributed by atoms with Crippen LogP contribution in [0.3, 0.4) is 0 Å². The summed E-state index contributed by atoms with van der Waals surface area (Å²) in [7, 11) is 0. The molecule has 1 aromatic heterocycles. The molecule has 0 unspecified atom stereocenters. The Morgan fingerprint density at radius 2 is 2.04 bits per heavy atom. The molecule has 0 spiro atoms. The number of halogens is 1. The average Bonchev–Trinajstić information content (AvgIpc) is 2.94. The zero-order valence-corrected chi connectivity index (χ0v) is 14.9. The van der Waals surface area contributed by atoms with Gasteiger partial charge in [0.15, 0.2) is 0 Å². The van der Waals surface area contributed by atoms with Gasteiger partial charge in [0.25, 0.3) is 0 Å². The lowest BCUT2D eigenvalue weighted by Gasteiger charge is -2.18. The molecule has 2 rings (SSSR count). The summed E-state index contributed by atoms with van der Waals surface area (Å²) in [5.41, 5.74) is 7.20. The first-order valence-corrected chi connectivity index (χ1v) is 8.23. The highest BCUT2D eigenvalue weighted by atomic mass is 35.5. The Bertz CT molecular complexity index is 611. The number of amides is 1. The molecule has 23 heavy (non-hydrogen) atoms. The predicted octanol–water partition coefficient (Wildman–Crippen LogP) is 2.85. The molecular weight excluding hydrogens is 334 g/mol. The Morgan fingerprint density at radius 1 is 1.35 bits per heavy atom. The van der Waals surface area contributed by atoms with Crippen molar-refractivity contribution < 1.29 is 9.21 Å². The van der Waals surface area contributed by atoms with Crippen molar-refractivity contribution in [1.29, 1.82) is 0 Å². The standard InChI is InChI=1S/C16H21N3O2S.ClH/c1-16(2,17)11-18-14(20)10-22-9-13-8-21-15(19-13)12-6-4-3-5-7-12;/h3-8H,9-11,17H2,1-2H3,(H,18,20);1H. The Morgan fingerprint density at radius 3 is 2.70 bits per heavy atom. The Kier molecular flexibility index (Phi) is 7.61. The Hall–Kier alpha value is -1.50. The van der Waals surface area contributed by atoms with Crippen molar-refractivity contribution in [3.63, 3.8) is 0 Å². The van der Waals surface area contributed by atoms with Crippen molar-refractivity contribution in [2.45, 2.75) is 25.1 Å². The third-order valence-electron chi connectivity index (χ3n) is 2.80. The van der Waals surface area contributed by atoms with E-state index in [1.165, 1.54) is 11.8 Å². The van der Waals surface area contributed by atoms with E-state index in [9.17, 15) is 4.79 Å². The number of nitrogens with two attached hydrogens (primary N) is 1. The third kappa shape index (κ3) is 7.07. The van der Waals surface area contributed by atoms with E-state index in [0.29, 0.717) is 23.9 Å². The van der Waals surface area contributed by atoms with Gasteiger partial charge in [-0.2, -0.15) is 0 Å². The fourth-order valence-electron chi connectivity index (χ4n) is 1.71. The number of hydrogen-bond donors (Lipinski definition) is 2. The first-order chi connectivity index (χ1) is 10.4. The van der Waals surface area contributed by atoms with Crippen LogP contribution in [0.1, 0.15) is 19.5 Å². The highest BCUT2D eigenvalue weighted by Crippen LogP contribution is 2.20. The van der Waals surface area contributed by atoms with Crippen LogP contribution in [0.4, 0.5) is 0 Å². The van der Waals surface area contributed by atoms with Crippen molar-refractivity contribution in [3.05, 3.63) is 42.3 Å². The molecule has 3 N–H and O–H groups in total. The normalized spacial score (nSPS) is 10.9. The molecule has 0 aliphatic heterocycles. The monoisotopic (exact) mass is 355 g/mol. The van der Waals surface area contributed by atoms with E-state index < -0.39 is 5.54 Å². The minimum absolute atomic E-state index is 0. The second kappa shape index (κ2) is 8.96. The summed E-state index contributed by atoms with van der Waals surface area (Å²) in [5.74, 6) is 1.60. The zero-order valence-electron chi connectivity index (χ0n) is 13.2. The predicted molar refractivity (Wildman–Crippen MR) is 96.6 cm³/mol. The van der Waals surface area contributed by atoms with E-state index in [-0.39, 0.29) is 18.3 Å². The number of nitrogens with zero attached hydrogens (tertiary/aromatic N) is 1. The molecule has 0 aliphatic rings. The van der Waals surface area contributed by atoms with Crippen LogP contribution in [-0.4, -0.2) is 28.7 Å². The maximum Gasteiger partial charge on any atom is 0.230 e. The molecule has 0 fully saturated rings. The highest BCUT2D eigenvalue weighted by molar-refractivity contribution is 7.99. The Labute approximate surface area is 146 Å². The van der Waals surface area contributed by atoms with Crippen LogP contribution in [-0.2, 0) is 10.5 Å². The van der Waals surface area contributed by atoms with Gasteiger partial charge in [0.2, 0.25) is 11.8 Å². The van der Waals surface area contributed by atoms with Crippen molar-refractivity contribution in [2.24, 2.45) is 5.73 Å². The number of hydrogen-bond acceptors (Lipinski definition) is 5. The molecule has 0 atom stereocenters. The fraction of sp³-hybridized carbons (Fsp3) is 0.375. The van der Waals surface area contributed by atoms with Crippen LogP contribution >= 0.6 is 24.2 Å². The van der Waals surface area contributed by atoms with Crippen molar-refractivity contribution >= 4 is 30.1 Å². The number of rotatable bonds is 7. The van der Waals surface area contributed by atoms with Crippen LogP contribution in [0.25, 0.3) is 11.5 Å². The quantitative estimate of drug-likeness (QED) is 0.798. The molecule has 1 heterocycles. The Balaban J connectivity index is 0.00000264. The second-order valence-electron chi connectivity index (χ2n) is 5.77. The fourth-order valence-corrected chi connectivity index (χ4v) is 2.44. The van der Waals surface area contributed by atoms with Gasteiger partial charge in [0.1, 0.15) is 6.26 Å². The van der Waals surface area contributed by atoms with E-state index >= 15 is 0 Å². The average molecular weight is 356 g/mol. The topological polar surface area (TPSA) is 81.1 Å². The molecular formula is C16H22ClN3O2S. The third-order valence-corrected chi connectivity index (χ3v) is 3.76. The molecule has 7 heteroatoms. The van der Waals surface area contributed by atoms with Crippen LogP contribution in [0.15, 0.2) is 41.0 Å². The molecule has 0 saturated carbocycles. The van der Waals surface area contributed by atoms with Gasteiger partial charge in [-0.1, -0.05) is 18.2 Å². The number of aromatic nitrogens is 1. The lowest BCUT2D eigenvalue weighted by molar-refractivity contribution is -0.118. The summed E-state index contributed by atoms with van der Waals surface area (Å²) < 4.78 is 5.46. The number of nitrogens with one attached hydrogen (secondary N) is 1. The molecule has 5 nitrogen and oxygen atoms in total. The number of carbonyl (C=O) groups excluding carboxylic acids is 1. The molecule has 1 amide bonds. The van der Waals surface area contributed by atoms with Crippen molar-refractivity contribution in [2.75, 3.05) is 12.3 Å². The summed E-state index contributed by atoms with van der Waals surface area (Å²) in [4.78, 5) is 16.1. The van der Waals surface area contributed by atoms with Gasteiger partial charge in [0, 0.05) is 23.4 Å². The van der Waals surface area contributed by atoms with Crippen LogP contribution < -0.4 is 11.1 Å². The summed E-state index contributed by atoms with van der Waals surface area (Å²) in [6.45, 7) is 4.22. The van der Waals surface area contributed by atoms with Gasteiger partial charge >= 0.3 is 0 Å².